The maximum Gasteiger partial charge on any atom is 0.165 e. The Morgan fingerprint density at radius 1 is 0.578 bits per heavy atom. The van der Waals surface area contributed by atoms with Gasteiger partial charge < -0.3 is 35.6 Å². The summed E-state index contributed by atoms with van der Waals surface area (Å²) in [5, 5.41) is 46.4. The minimum absolute atomic E-state index is 0.0892. The highest BCUT2D eigenvalue weighted by atomic mass is 16.5. The third-order valence-electron chi connectivity index (χ3n) is 18.5. The van der Waals surface area contributed by atoms with Crippen LogP contribution in [0.25, 0.3) is 0 Å². The van der Waals surface area contributed by atoms with Gasteiger partial charge in [-0.25, -0.2) is 0 Å². The second kappa shape index (κ2) is 14.4. The highest BCUT2D eigenvalue weighted by Gasteiger charge is 2.74. The Hall–Kier alpha value is -4.16. The topological polar surface area (TPSA) is 135 Å². The summed E-state index contributed by atoms with van der Waals surface area (Å²) in [6.07, 6.45) is 11.5. The van der Waals surface area contributed by atoms with Crippen LogP contribution in [0.2, 0.25) is 0 Å². The second-order valence-electron chi connectivity index (χ2n) is 21.8. The fourth-order valence-corrected chi connectivity index (χ4v) is 15.3. The molecule has 4 saturated carbocycles. The van der Waals surface area contributed by atoms with Gasteiger partial charge in [0.25, 0.3) is 0 Å². The fraction of sp³-hybridized carbons (Fsp3) is 0.556. The van der Waals surface area contributed by atoms with E-state index >= 15 is 0 Å². The Morgan fingerprint density at radius 3 is 1.55 bits per heavy atom. The summed E-state index contributed by atoms with van der Waals surface area (Å²) in [6.45, 7) is 5.84. The number of phenols is 2. The smallest absolute Gasteiger partial charge is 0.165 e. The van der Waals surface area contributed by atoms with Crippen LogP contribution >= 0.6 is 0 Å². The monoisotopic (exact) mass is 864 g/mol. The lowest BCUT2D eigenvalue weighted by Crippen LogP contribution is -2.78. The quantitative estimate of drug-likeness (QED) is 0.130. The van der Waals surface area contributed by atoms with E-state index in [1.807, 2.05) is 12.1 Å². The normalized spacial score (nSPS) is 37.2. The summed E-state index contributed by atoms with van der Waals surface area (Å²) in [6, 6.07) is 29.4. The lowest BCUT2D eigenvalue weighted by atomic mass is 9.48. The average molecular weight is 865 g/mol. The lowest BCUT2D eigenvalue weighted by Gasteiger charge is -2.65. The number of phenolic OH excluding ortho intramolecular Hbond substituents is 2. The number of nitrogens with zero attached hydrogens (tertiary/aromatic N) is 3. The molecule has 2 unspecified atom stereocenters. The highest BCUT2D eigenvalue weighted by Crippen LogP contribution is 2.67. The van der Waals surface area contributed by atoms with Gasteiger partial charge in [-0.15, -0.1) is 0 Å². The second-order valence-corrected chi connectivity index (χ2v) is 21.8. The minimum Gasteiger partial charge on any atom is -0.504 e. The average Bonchev–Trinajstić information content (AvgIpc) is 4.23. The number of aliphatic hydroxyl groups is 2. The van der Waals surface area contributed by atoms with Crippen molar-refractivity contribution in [2.75, 3.05) is 26.2 Å². The Bertz CT molecular complexity index is 2420. The first kappa shape index (κ1) is 40.1. The van der Waals surface area contributed by atoms with E-state index in [0.29, 0.717) is 11.5 Å². The number of nitrogens with two attached hydrogens (primary N) is 1. The van der Waals surface area contributed by atoms with Crippen LogP contribution in [0.1, 0.15) is 97.6 Å². The maximum absolute atomic E-state index is 12.9. The van der Waals surface area contributed by atoms with Crippen molar-refractivity contribution >= 4 is 0 Å². The number of benzene rings is 4. The number of piperidine rings is 2. The van der Waals surface area contributed by atoms with Crippen molar-refractivity contribution in [3.8, 4) is 23.0 Å². The summed E-state index contributed by atoms with van der Waals surface area (Å²) in [5.41, 5.74) is 11.1. The van der Waals surface area contributed by atoms with Gasteiger partial charge in [-0.1, -0.05) is 72.8 Å². The molecule has 6 fully saturated rings. The van der Waals surface area contributed by atoms with Crippen LogP contribution in [0.5, 0.6) is 23.0 Å². The molecule has 4 aliphatic heterocycles. The molecule has 6 N–H and O–H groups in total. The van der Waals surface area contributed by atoms with E-state index in [0.717, 1.165) is 114 Å². The molecule has 4 aromatic carbocycles. The number of likely N-dealkylation sites (tertiary alicyclic amines) is 2. The molecule has 4 aromatic rings. The summed E-state index contributed by atoms with van der Waals surface area (Å²) in [4.78, 5) is 7.73. The zero-order chi connectivity index (χ0) is 43.2. The molecule has 6 aliphatic carbocycles. The Balaban J connectivity index is 0.000000142. The Labute approximate surface area is 377 Å². The first-order chi connectivity index (χ1) is 31.1. The van der Waals surface area contributed by atoms with E-state index in [2.05, 4.69) is 81.4 Å². The molecule has 336 valence electrons. The SMILES string of the molecule is N[C@H]1CC[C@]2(O)C3Cc4ccc(O)c5c4[C@]2(CCN3CC2CC2)[C@@H]1O5.Oc1ccc2c3c1O[C@@H]1[C@@H](N(Cc4ccccc4)Cc4ccccc4)CC[C@]4(O)C(C2)N(CC2CC2)CC[C@@]314. The number of hydrogen-bond donors (Lipinski definition) is 5. The Kier molecular flexibility index (Phi) is 9.04. The number of aromatic hydroxyl groups is 2. The predicted molar refractivity (Wildman–Crippen MR) is 243 cm³/mol. The van der Waals surface area contributed by atoms with E-state index in [9.17, 15) is 20.4 Å². The van der Waals surface area contributed by atoms with Crippen LogP contribution in [0, 0.1) is 11.8 Å². The fourth-order valence-electron chi connectivity index (χ4n) is 15.3. The molecule has 2 saturated heterocycles. The minimum atomic E-state index is -0.849. The highest BCUT2D eigenvalue weighted by molar-refractivity contribution is 5.64. The van der Waals surface area contributed by atoms with E-state index < -0.39 is 22.0 Å². The van der Waals surface area contributed by atoms with Crippen LogP contribution in [0.4, 0.5) is 0 Å². The van der Waals surface area contributed by atoms with Crippen molar-refractivity contribution in [3.63, 3.8) is 0 Å². The van der Waals surface area contributed by atoms with Gasteiger partial charge >= 0.3 is 0 Å². The summed E-state index contributed by atoms with van der Waals surface area (Å²) >= 11 is 0. The molecule has 64 heavy (non-hydrogen) atoms. The molecule has 4 bridgehead atoms. The van der Waals surface area contributed by atoms with E-state index in [4.69, 9.17) is 15.2 Å². The first-order valence-corrected chi connectivity index (χ1v) is 24.7. The molecule has 0 aromatic heterocycles. The van der Waals surface area contributed by atoms with Gasteiger partial charge in [0.2, 0.25) is 0 Å². The molecule has 10 atom stereocenters. The zero-order valence-corrected chi connectivity index (χ0v) is 37.0. The predicted octanol–water partition coefficient (Wildman–Crippen LogP) is 6.31. The van der Waals surface area contributed by atoms with Gasteiger partial charge in [-0.3, -0.25) is 14.7 Å². The summed E-state index contributed by atoms with van der Waals surface area (Å²) in [7, 11) is 0. The van der Waals surface area contributed by atoms with E-state index in [1.54, 1.807) is 6.07 Å². The van der Waals surface area contributed by atoms with Crippen LogP contribution in [0.3, 0.4) is 0 Å². The number of hydrogen-bond acceptors (Lipinski definition) is 10. The third kappa shape index (κ3) is 5.65. The van der Waals surface area contributed by atoms with Crippen LogP contribution in [-0.2, 0) is 36.8 Å². The van der Waals surface area contributed by atoms with Gasteiger partial charge in [0, 0.05) is 61.5 Å². The molecule has 14 rings (SSSR count). The van der Waals surface area contributed by atoms with Gasteiger partial charge in [0.05, 0.1) is 22.0 Å². The molecule has 0 radical (unpaired) electrons. The standard InChI is InChI=1S/C34H38N2O3.C20H26N2O3/c37-28-14-13-26-19-29-34(38)16-15-27(36(21-23-7-3-1-4-8-23)22-24-9-5-2-6-10-24)32-33(34,30(26)31(28)39-32)17-18-35(29)20-25-11-12-25;21-13-5-6-20(24)15-9-12-3-4-14(23)17-16(12)19(20,18(13)25-17)7-8-22(15)10-11-1-2-11/h1-10,13-14,25,27,29,32,37-38H,11-12,15-22H2;3-4,11,13,15,18,23-24H,1-2,5-10,21H2/t27-,29?,32+,33+,34-;13-,15?,18+,19+,20-/m00/s1. The van der Waals surface area contributed by atoms with Crippen LogP contribution in [-0.4, -0.2) is 109 Å². The molecule has 10 aliphatic rings. The van der Waals surface area contributed by atoms with Gasteiger partial charge in [0.1, 0.15) is 12.2 Å². The molecule has 10 heteroatoms. The summed E-state index contributed by atoms with van der Waals surface area (Å²) < 4.78 is 13.2. The Morgan fingerprint density at radius 2 is 1.05 bits per heavy atom. The van der Waals surface area contributed by atoms with Crippen LogP contribution < -0.4 is 15.2 Å². The molecule has 2 spiro atoms. The van der Waals surface area contributed by atoms with Crippen molar-refractivity contribution in [1.29, 1.82) is 0 Å². The first-order valence-electron chi connectivity index (χ1n) is 24.7. The van der Waals surface area contributed by atoms with Crippen molar-refractivity contribution in [2.45, 2.75) is 149 Å². The molecule has 4 heterocycles. The zero-order valence-electron chi connectivity index (χ0n) is 37.0. The molecule has 0 amide bonds. The van der Waals surface area contributed by atoms with E-state index in [-0.39, 0.29) is 47.9 Å². The van der Waals surface area contributed by atoms with Crippen molar-refractivity contribution in [2.24, 2.45) is 17.6 Å². The van der Waals surface area contributed by atoms with Crippen molar-refractivity contribution in [1.82, 2.24) is 14.7 Å². The third-order valence-corrected chi connectivity index (χ3v) is 18.5. The summed E-state index contributed by atoms with van der Waals surface area (Å²) in [5.74, 6) is 3.24. The molecular weight excluding hydrogens is 801 g/mol. The number of ether oxygens (including phenoxy) is 2. The van der Waals surface area contributed by atoms with Crippen LogP contribution in [0.15, 0.2) is 84.9 Å². The lowest BCUT2D eigenvalue weighted by molar-refractivity contribution is -0.202. The van der Waals surface area contributed by atoms with Gasteiger partial charge in [0.15, 0.2) is 23.0 Å². The molecular formula is C54H64N4O6. The number of rotatable bonds is 9. The molecule has 10 nitrogen and oxygen atoms in total. The van der Waals surface area contributed by atoms with E-state index in [1.165, 1.54) is 47.9 Å². The van der Waals surface area contributed by atoms with Crippen molar-refractivity contribution < 1.29 is 29.9 Å². The van der Waals surface area contributed by atoms with Gasteiger partial charge in [-0.2, -0.15) is 0 Å². The van der Waals surface area contributed by atoms with Crippen molar-refractivity contribution in [3.05, 3.63) is 118 Å². The van der Waals surface area contributed by atoms with Gasteiger partial charge in [-0.05, 0) is 136 Å². The maximum atomic E-state index is 12.9. The largest absolute Gasteiger partial charge is 0.504 e.